The van der Waals surface area contributed by atoms with Crippen LogP contribution in [0.3, 0.4) is 0 Å². The van der Waals surface area contributed by atoms with Crippen LogP contribution < -0.4 is 20.3 Å². The van der Waals surface area contributed by atoms with Gasteiger partial charge in [0.25, 0.3) is 11.5 Å². The molecule has 5 rings (SSSR count). The van der Waals surface area contributed by atoms with Gasteiger partial charge in [-0.1, -0.05) is 0 Å². The van der Waals surface area contributed by atoms with E-state index in [1.165, 1.54) is 10.8 Å². The smallest absolute Gasteiger partial charge is 0.294 e. The lowest BCUT2D eigenvalue weighted by Gasteiger charge is -2.06. The van der Waals surface area contributed by atoms with Gasteiger partial charge in [-0.05, 0) is 36.4 Å². The number of amides is 1. The van der Waals surface area contributed by atoms with Crippen molar-refractivity contribution < 1.29 is 18.7 Å². The lowest BCUT2D eigenvalue weighted by molar-refractivity contribution is 0.0947. The summed E-state index contributed by atoms with van der Waals surface area (Å²) in [6, 6.07) is 10.7. The maximum Gasteiger partial charge on any atom is 0.294 e. The van der Waals surface area contributed by atoms with E-state index in [0.717, 1.165) is 10.9 Å². The molecular formula is C20H16N4O5. The van der Waals surface area contributed by atoms with Crippen molar-refractivity contribution in [3.05, 3.63) is 64.9 Å². The molecule has 0 atom stereocenters. The molecule has 146 valence electrons. The molecule has 9 heteroatoms. The van der Waals surface area contributed by atoms with E-state index in [4.69, 9.17) is 13.9 Å². The Hall–Kier alpha value is -4.01. The summed E-state index contributed by atoms with van der Waals surface area (Å²) in [6.07, 6.45) is 3.16. The third kappa shape index (κ3) is 3.12. The number of hydrogen-bond donors (Lipinski definition) is 2. The molecule has 2 N–H and O–H groups in total. The van der Waals surface area contributed by atoms with E-state index in [0.29, 0.717) is 35.0 Å². The Morgan fingerprint density at radius 2 is 2.07 bits per heavy atom. The number of carbonyl (C=O) groups excluding carboxylic acids is 1. The highest BCUT2D eigenvalue weighted by atomic mass is 16.7. The Labute approximate surface area is 163 Å². The number of fused-ring (bicyclic) bond motifs is 2. The molecule has 0 radical (unpaired) electrons. The van der Waals surface area contributed by atoms with Crippen molar-refractivity contribution in [2.45, 2.75) is 6.54 Å². The van der Waals surface area contributed by atoms with Crippen LogP contribution in [0, 0.1) is 0 Å². The molecule has 0 bridgehead atoms. The predicted octanol–water partition coefficient (Wildman–Crippen LogP) is 2.14. The number of nitrogens with zero attached hydrogens (tertiary/aromatic N) is 2. The zero-order valence-electron chi connectivity index (χ0n) is 15.2. The van der Waals surface area contributed by atoms with Crippen molar-refractivity contribution >= 4 is 16.9 Å². The Morgan fingerprint density at radius 3 is 3.00 bits per heavy atom. The van der Waals surface area contributed by atoms with E-state index in [1.807, 2.05) is 12.1 Å². The molecule has 1 aromatic carbocycles. The fraction of sp³-hybridized carbons (Fsp3) is 0.150. The van der Waals surface area contributed by atoms with Gasteiger partial charge in [0.2, 0.25) is 6.79 Å². The number of rotatable bonds is 5. The molecule has 4 aromatic rings. The van der Waals surface area contributed by atoms with Gasteiger partial charge in [-0.2, -0.15) is 5.10 Å². The van der Waals surface area contributed by atoms with Crippen molar-refractivity contribution in [2.75, 3.05) is 13.3 Å². The standard InChI is InChI=1S/C20H16N4O5/c25-19(21-5-7-24-6-3-12-4-8-27-18(12)20(24)26)15-10-14(22-23-15)13-1-2-16-17(9-13)29-11-28-16/h1-4,6,8-10H,5,7,11H2,(H,21,25)(H,22,23). The van der Waals surface area contributed by atoms with Crippen molar-refractivity contribution in [3.63, 3.8) is 0 Å². The number of H-pyrrole nitrogens is 1. The molecule has 0 saturated carbocycles. The van der Waals surface area contributed by atoms with Gasteiger partial charge in [0, 0.05) is 30.2 Å². The molecule has 0 fully saturated rings. The van der Waals surface area contributed by atoms with Crippen molar-refractivity contribution in [1.29, 1.82) is 0 Å². The molecule has 3 aromatic heterocycles. The predicted molar refractivity (Wildman–Crippen MR) is 103 cm³/mol. The van der Waals surface area contributed by atoms with Crippen LogP contribution >= 0.6 is 0 Å². The summed E-state index contributed by atoms with van der Waals surface area (Å²) >= 11 is 0. The second-order valence-electron chi connectivity index (χ2n) is 6.51. The lowest BCUT2D eigenvalue weighted by Crippen LogP contribution is -2.30. The minimum atomic E-state index is -0.309. The number of benzene rings is 1. The highest BCUT2D eigenvalue weighted by Crippen LogP contribution is 2.35. The monoisotopic (exact) mass is 392 g/mol. The van der Waals surface area contributed by atoms with Gasteiger partial charge in [-0.3, -0.25) is 14.7 Å². The van der Waals surface area contributed by atoms with Gasteiger partial charge in [0.05, 0.1) is 12.0 Å². The van der Waals surface area contributed by atoms with Crippen LogP contribution in [0.25, 0.3) is 22.2 Å². The molecule has 0 unspecified atom stereocenters. The van der Waals surface area contributed by atoms with Crippen LogP contribution in [0.4, 0.5) is 0 Å². The van der Waals surface area contributed by atoms with Gasteiger partial charge >= 0.3 is 0 Å². The number of furan rings is 1. The summed E-state index contributed by atoms with van der Waals surface area (Å²) in [7, 11) is 0. The maximum atomic E-state index is 12.4. The fourth-order valence-corrected chi connectivity index (χ4v) is 3.20. The Bertz CT molecular complexity index is 1270. The van der Waals surface area contributed by atoms with E-state index in [-0.39, 0.29) is 24.8 Å². The Balaban J connectivity index is 1.24. The minimum absolute atomic E-state index is 0.197. The molecule has 9 nitrogen and oxygen atoms in total. The quantitative estimate of drug-likeness (QED) is 0.538. The number of aromatic nitrogens is 3. The third-order valence-electron chi connectivity index (χ3n) is 4.71. The molecule has 0 saturated heterocycles. The highest BCUT2D eigenvalue weighted by Gasteiger charge is 2.16. The van der Waals surface area contributed by atoms with Gasteiger partial charge in [-0.15, -0.1) is 0 Å². The zero-order valence-corrected chi connectivity index (χ0v) is 15.2. The maximum absolute atomic E-state index is 12.4. The SMILES string of the molecule is O=C(NCCn1ccc2ccoc2c1=O)c1cc(-c2ccc3c(c2)OCO3)n[nH]1. The summed E-state index contributed by atoms with van der Waals surface area (Å²) < 4.78 is 17.4. The Kier molecular flexibility index (Phi) is 4.05. The highest BCUT2D eigenvalue weighted by molar-refractivity contribution is 5.93. The molecular weight excluding hydrogens is 376 g/mol. The molecule has 1 aliphatic rings. The zero-order chi connectivity index (χ0) is 19.8. The van der Waals surface area contributed by atoms with Crippen LogP contribution in [-0.2, 0) is 6.54 Å². The van der Waals surface area contributed by atoms with E-state index in [1.54, 1.807) is 30.5 Å². The molecule has 29 heavy (non-hydrogen) atoms. The first-order valence-corrected chi connectivity index (χ1v) is 8.99. The molecule has 4 heterocycles. The number of ether oxygens (including phenoxy) is 2. The van der Waals surface area contributed by atoms with Crippen LogP contribution in [0.1, 0.15) is 10.5 Å². The molecule has 0 aliphatic carbocycles. The van der Waals surface area contributed by atoms with E-state index >= 15 is 0 Å². The second-order valence-corrected chi connectivity index (χ2v) is 6.51. The molecule has 1 aliphatic heterocycles. The average molecular weight is 392 g/mol. The second kappa shape index (κ2) is 6.86. The van der Waals surface area contributed by atoms with Crippen LogP contribution in [0.15, 0.2) is 58.1 Å². The number of pyridine rings is 1. The van der Waals surface area contributed by atoms with Crippen LogP contribution in [-0.4, -0.2) is 34.0 Å². The van der Waals surface area contributed by atoms with Gasteiger partial charge in [-0.25, -0.2) is 0 Å². The summed E-state index contributed by atoms with van der Waals surface area (Å²) in [5, 5.41) is 10.5. The van der Waals surface area contributed by atoms with Gasteiger partial charge in [0.1, 0.15) is 5.69 Å². The van der Waals surface area contributed by atoms with Crippen molar-refractivity contribution in [3.8, 4) is 22.8 Å². The van der Waals surface area contributed by atoms with E-state index in [2.05, 4.69) is 15.5 Å². The normalized spacial score (nSPS) is 12.4. The summed E-state index contributed by atoms with van der Waals surface area (Å²) in [5.41, 5.74) is 1.83. The first-order valence-electron chi connectivity index (χ1n) is 8.99. The third-order valence-corrected chi connectivity index (χ3v) is 4.71. The fourth-order valence-electron chi connectivity index (χ4n) is 3.20. The Morgan fingerprint density at radius 1 is 1.17 bits per heavy atom. The van der Waals surface area contributed by atoms with Gasteiger partial charge in [0.15, 0.2) is 17.1 Å². The topological polar surface area (TPSA) is 111 Å². The number of nitrogens with one attached hydrogen (secondary N) is 2. The van der Waals surface area contributed by atoms with E-state index in [9.17, 15) is 9.59 Å². The number of carbonyl (C=O) groups is 1. The number of aromatic amines is 1. The van der Waals surface area contributed by atoms with E-state index < -0.39 is 0 Å². The molecule has 0 spiro atoms. The molecule has 1 amide bonds. The van der Waals surface area contributed by atoms with Crippen molar-refractivity contribution in [1.82, 2.24) is 20.1 Å². The summed E-state index contributed by atoms with van der Waals surface area (Å²) in [5.74, 6) is 1.03. The minimum Gasteiger partial charge on any atom is -0.459 e. The largest absolute Gasteiger partial charge is 0.459 e. The van der Waals surface area contributed by atoms with Crippen molar-refractivity contribution in [2.24, 2.45) is 0 Å². The van der Waals surface area contributed by atoms with Gasteiger partial charge < -0.3 is 23.8 Å². The first-order chi connectivity index (χ1) is 14.2. The lowest BCUT2D eigenvalue weighted by atomic mass is 10.1. The first kappa shape index (κ1) is 17.1. The average Bonchev–Trinajstić information content (AvgIpc) is 3.48. The van der Waals surface area contributed by atoms with Crippen LogP contribution in [0.2, 0.25) is 0 Å². The van der Waals surface area contributed by atoms with Crippen LogP contribution in [0.5, 0.6) is 11.5 Å². The summed E-state index contributed by atoms with van der Waals surface area (Å²) in [4.78, 5) is 24.7. The number of hydrogen-bond acceptors (Lipinski definition) is 6. The summed E-state index contributed by atoms with van der Waals surface area (Å²) in [6.45, 7) is 0.802.